The minimum Gasteiger partial charge on any atom is -0.497 e. The summed E-state index contributed by atoms with van der Waals surface area (Å²) >= 11 is 0. The number of carbonyl (C=O) groups excluding carboxylic acids is 1. The lowest BCUT2D eigenvalue weighted by Crippen LogP contribution is -2.47. The molecule has 1 aliphatic heterocycles. The molecular weight excluding hydrogens is 326 g/mol. The molecule has 0 saturated carbocycles. The molecule has 0 N–H and O–H groups in total. The Bertz CT molecular complexity index is 724. The zero-order valence-corrected chi connectivity index (χ0v) is 15.8. The van der Waals surface area contributed by atoms with E-state index in [1.165, 1.54) is 5.56 Å². The van der Waals surface area contributed by atoms with Gasteiger partial charge >= 0.3 is 0 Å². The van der Waals surface area contributed by atoms with Crippen molar-refractivity contribution in [2.24, 2.45) is 5.92 Å². The van der Waals surface area contributed by atoms with E-state index in [9.17, 15) is 4.79 Å². The second-order valence-corrected chi connectivity index (χ2v) is 6.99. The monoisotopic (exact) mass is 353 g/mol. The van der Waals surface area contributed by atoms with Crippen molar-refractivity contribution in [2.45, 2.75) is 25.9 Å². The molecule has 1 aliphatic rings. The summed E-state index contributed by atoms with van der Waals surface area (Å²) in [4.78, 5) is 14.8. The number of ether oxygens (including phenoxy) is 2. The van der Waals surface area contributed by atoms with E-state index < -0.39 is 0 Å². The Morgan fingerprint density at radius 2 is 1.77 bits per heavy atom. The van der Waals surface area contributed by atoms with E-state index in [4.69, 9.17) is 9.47 Å². The Morgan fingerprint density at radius 3 is 2.38 bits per heavy atom. The summed E-state index contributed by atoms with van der Waals surface area (Å²) < 4.78 is 10.9. The number of methoxy groups -OCH3 is 2. The van der Waals surface area contributed by atoms with Crippen molar-refractivity contribution in [3.05, 3.63) is 65.2 Å². The third kappa shape index (κ3) is 4.25. The zero-order valence-electron chi connectivity index (χ0n) is 15.8. The smallest absolute Gasteiger partial charge is 0.253 e. The highest BCUT2D eigenvalue weighted by Crippen LogP contribution is 2.25. The van der Waals surface area contributed by atoms with E-state index in [1.54, 1.807) is 14.2 Å². The van der Waals surface area contributed by atoms with Crippen molar-refractivity contribution in [3.63, 3.8) is 0 Å². The number of rotatable bonds is 5. The zero-order chi connectivity index (χ0) is 18.5. The van der Waals surface area contributed by atoms with Crippen LogP contribution in [-0.4, -0.2) is 44.2 Å². The molecule has 1 heterocycles. The van der Waals surface area contributed by atoms with Crippen LogP contribution in [0.1, 0.15) is 27.9 Å². The number of nitrogens with zero attached hydrogens (tertiary/aromatic N) is 1. The quantitative estimate of drug-likeness (QED) is 0.822. The molecule has 4 nitrogen and oxygen atoms in total. The number of hydrogen-bond acceptors (Lipinski definition) is 3. The fraction of sp³-hybridized carbons (Fsp3) is 0.409. The first-order valence-electron chi connectivity index (χ1n) is 9.12. The molecule has 0 aliphatic carbocycles. The largest absolute Gasteiger partial charge is 0.497 e. The standard InChI is InChI=1S/C22H27NO3/c1-16-4-8-18(9-5-16)22(24)23-13-12-21(26-3)19(15-23)14-17-6-10-20(25-2)11-7-17/h4-11,19,21H,12-15H2,1-3H3/t19-,21+/m0/s1. The van der Waals surface area contributed by atoms with Crippen molar-refractivity contribution in [3.8, 4) is 5.75 Å². The molecule has 0 aromatic heterocycles. The Labute approximate surface area is 155 Å². The number of carbonyl (C=O) groups is 1. The molecular formula is C22H27NO3. The van der Waals surface area contributed by atoms with Gasteiger partial charge in [-0.2, -0.15) is 0 Å². The van der Waals surface area contributed by atoms with Gasteiger partial charge in [-0.05, 0) is 49.6 Å². The highest BCUT2D eigenvalue weighted by molar-refractivity contribution is 5.94. The van der Waals surface area contributed by atoms with Crippen LogP contribution in [0.3, 0.4) is 0 Å². The topological polar surface area (TPSA) is 38.8 Å². The van der Waals surface area contributed by atoms with Crippen LogP contribution in [0.2, 0.25) is 0 Å². The van der Waals surface area contributed by atoms with Crippen LogP contribution in [0.5, 0.6) is 5.75 Å². The molecule has 1 fully saturated rings. The van der Waals surface area contributed by atoms with Crippen molar-refractivity contribution >= 4 is 5.91 Å². The van der Waals surface area contributed by atoms with Gasteiger partial charge in [0.25, 0.3) is 5.91 Å². The van der Waals surface area contributed by atoms with Crippen LogP contribution in [0.15, 0.2) is 48.5 Å². The molecule has 0 radical (unpaired) electrons. The van der Waals surface area contributed by atoms with Crippen molar-refractivity contribution in [1.29, 1.82) is 0 Å². The number of aryl methyl sites for hydroxylation is 1. The highest BCUT2D eigenvalue weighted by atomic mass is 16.5. The van der Waals surface area contributed by atoms with Gasteiger partial charge in [0.15, 0.2) is 0 Å². The molecule has 2 aromatic rings. The molecule has 0 unspecified atom stereocenters. The minimum atomic E-state index is 0.110. The van der Waals surface area contributed by atoms with Crippen LogP contribution < -0.4 is 4.74 Å². The third-order valence-corrected chi connectivity index (χ3v) is 5.21. The lowest BCUT2D eigenvalue weighted by atomic mass is 9.88. The van der Waals surface area contributed by atoms with Gasteiger partial charge in [0.2, 0.25) is 0 Å². The number of likely N-dealkylation sites (tertiary alicyclic amines) is 1. The van der Waals surface area contributed by atoms with E-state index in [0.717, 1.165) is 42.8 Å². The molecule has 2 aromatic carbocycles. The Morgan fingerprint density at radius 1 is 1.08 bits per heavy atom. The van der Waals surface area contributed by atoms with E-state index in [1.807, 2.05) is 48.2 Å². The Kier molecular flexibility index (Phi) is 5.94. The first-order valence-corrected chi connectivity index (χ1v) is 9.12. The first-order chi connectivity index (χ1) is 12.6. The van der Waals surface area contributed by atoms with Gasteiger partial charge < -0.3 is 14.4 Å². The predicted octanol–water partition coefficient (Wildman–Crippen LogP) is 3.72. The molecule has 2 atom stereocenters. The molecule has 0 bridgehead atoms. The predicted molar refractivity (Wildman–Crippen MR) is 103 cm³/mol. The second-order valence-electron chi connectivity index (χ2n) is 6.99. The SMILES string of the molecule is COc1ccc(C[C@H]2CN(C(=O)c3ccc(C)cc3)CC[C@H]2OC)cc1. The van der Waals surface area contributed by atoms with Crippen LogP contribution in [-0.2, 0) is 11.2 Å². The van der Waals surface area contributed by atoms with Crippen LogP contribution in [0, 0.1) is 12.8 Å². The summed E-state index contributed by atoms with van der Waals surface area (Å²) in [6.45, 7) is 3.49. The molecule has 3 rings (SSSR count). The molecule has 138 valence electrons. The number of piperidine rings is 1. The maximum absolute atomic E-state index is 12.9. The van der Waals surface area contributed by atoms with Crippen molar-refractivity contribution in [2.75, 3.05) is 27.3 Å². The molecule has 0 spiro atoms. The van der Waals surface area contributed by atoms with Crippen LogP contribution in [0.25, 0.3) is 0 Å². The van der Waals surface area contributed by atoms with E-state index in [2.05, 4.69) is 12.1 Å². The lowest BCUT2D eigenvalue weighted by molar-refractivity contribution is -0.00299. The van der Waals surface area contributed by atoms with E-state index in [0.29, 0.717) is 0 Å². The summed E-state index contributed by atoms with van der Waals surface area (Å²) in [5.74, 6) is 1.26. The summed E-state index contributed by atoms with van der Waals surface area (Å²) in [5.41, 5.74) is 3.16. The summed E-state index contributed by atoms with van der Waals surface area (Å²) in [6.07, 6.45) is 1.94. The van der Waals surface area contributed by atoms with Crippen molar-refractivity contribution < 1.29 is 14.3 Å². The Hall–Kier alpha value is -2.33. The summed E-state index contributed by atoms with van der Waals surface area (Å²) in [5, 5.41) is 0. The van der Waals surface area contributed by atoms with Gasteiger partial charge in [-0.25, -0.2) is 0 Å². The summed E-state index contributed by atoms with van der Waals surface area (Å²) in [7, 11) is 3.44. The minimum absolute atomic E-state index is 0.110. The maximum atomic E-state index is 12.9. The lowest BCUT2D eigenvalue weighted by Gasteiger charge is -2.38. The van der Waals surface area contributed by atoms with Gasteiger partial charge in [-0.1, -0.05) is 29.8 Å². The highest BCUT2D eigenvalue weighted by Gasteiger charge is 2.32. The van der Waals surface area contributed by atoms with Gasteiger partial charge in [0, 0.05) is 31.7 Å². The fourth-order valence-corrected chi connectivity index (χ4v) is 3.64. The molecule has 26 heavy (non-hydrogen) atoms. The summed E-state index contributed by atoms with van der Waals surface area (Å²) in [6, 6.07) is 16.0. The fourth-order valence-electron chi connectivity index (χ4n) is 3.64. The average Bonchev–Trinajstić information content (AvgIpc) is 2.68. The third-order valence-electron chi connectivity index (χ3n) is 5.21. The average molecular weight is 353 g/mol. The molecule has 4 heteroatoms. The maximum Gasteiger partial charge on any atom is 0.253 e. The number of benzene rings is 2. The first kappa shape index (κ1) is 18.5. The normalized spacial score (nSPS) is 20.0. The van der Waals surface area contributed by atoms with E-state index >= 15 is 0 Å². The number of amides is 1. The molecule has 1 amide bonds. The van der Waals surface area contributed by atoms with Gasteiger partial charge in [-0.3, -0.25) is 4.79 Å². The van der Waals surface area contributed by atoms with Crippen molar-refractivity contribution in [1.82, 2.24) is 4.90 Å². The van der Waals surface area contributed by atoms with Crippen LogP contribution >= 0.6 is 0 Å². The molecule has 1 saturated heterocycles. The second kappa shape index (κ2) is 8.37. The number of hydrogen-bond donors (Lipinski definition) is 0. The van der Waals surface area contributed by atoms with Gasteiger partial charge in [0.1, 0.15) is 5.75 Å². The van der Waals surface area contributed by atoms with Crippen LogP contribution in [0.4, 0.5) is 0 Å². The van der Waals surface area contributed by atoms with Gasteiger partial charge in [-0.15, -0.1) is 0 Å². The van der Waals surface area contributed by atoms with Gasteiger partial charge in [0.05, 0.1) is 13.2 Å². The Balaban J connectivity index is 1.70. The van der Waals surface area contributed by atoms with E-state index in [-0.39, 0.29) is 17.9 Å².